The summed E-state index contributed by atoms with van der Waals surface area (Å²) < 4.78 is 58.0. The van der Waals surface area contributed by atoms with Crippen LogP contribution < -0.4 is 4.74 Å². The Labute approximate surface area is 140 Å². The van der Waals surface area contributed by atoms with Gasteiger partial charge in [-0.25, -0.2) is 17.2 Å². The van der Waals surface area contributed by atoms with Crippen LogP contribution in [0.5, 0.6) is 11.5 Å². The molecule has 0 unspecified atom stereocenters. The summed E-state index contributed by atoms with van der Waals surface area (Å²) in [6.45, 7) is 0. The zero-order valence-electron chi connectivity index (χ0n) is 12.0. The van der Waals surface area contributed by atoms with Gasteiger partial charge in [0.1, 0.15) is 17.7 Å². The van der Waals surface area contributed by atoms with E-state index in [9.17, 15) is 17.2 Å². The molecular formula is C15H12BrF2NO3S. The number of hydrogen-bond donors (Lipinski definition) is 0. The molecule has 1 aromatic carbocycles. The molecule has 1 heterocycles. The van der Waals surface area contributed by atoms with Crippen LogP contribution in [0.15, 0.2) is 40.0 Å². The Morgan fingerprint density at radius 1 is 1.30 bits per heavy atom. The van der Waals surface area contributed by atoms with Crippen molar-refractivity contribution in [1.82, 2.24) is 4.98 Å². The fourth-order valence-electron chi connectivity index (χ4n) is 2.63. The molecule has 0 amide bonds. The topological polar surface area (TPSA) is 56.3 Å². The third kappa shape index (κ3) is 3.10. The Hall–Kier alpha value is -1.54. The highest BCUT2D eigenvalue weighted by Gasteiger charge is 2.39. The molecule has 0 saturated heterocycles. The quantitative estimate of drug-likeness (QED) is 0.778. The summed E-state index contributed by atoms with van der Waals surface area (Å²) in [6, 6.07) is 4.29. The van der Waals surface area contributed by atoms with Crippen molar-refractivity contribution in [3.63, 3.8) is 0 Å². The zero-order valence-corrected chi connectivity index (χ0v) is 14.4. The molecule has 122 valence electrons. The molecule has 1 aliphatic carbocycles. The molecule has 2 atom stereocenters. The fraction of sp³-hybridized carbons (Fsp3) is 0.267. The van der Waals surface area contributed by atoms with E-state index in [4.69, 9.17) is 4.74 Å². The van der Waals surface area contributed by atoms with Crippen molar-refractivity contribution in [3.05, 3.63) is 46.2 Å². The Kier molecular flexibility index (Phi) is 4.14. The summed E-state index contributed by atoms with van der Waals surface area (Å²) in [6.07, 6.45) is 0.0151. The molecule has 3 rings (SSSR count). The molecule has 0 spiro atoms. The van der Waals surface area contributed by atoms with Crippen LogP contribution in [0.3, 0.4) is 0 Å². The molecule has 1 aliphatic rings. The molecule has 8 heteroatoms. The highest BCUT2D eigenvalue weighted by molar-refractivity contribution is 9.10. The molecule has 2 aromatic rings. The van der Waals surface area contributed by atoms with Crippen LogP contribution in [0.25, 0.3) is 0 Å². The second kappa shape index (κ2) is 5.83. The van der Waals surface area contributed by atoms with Crippen LogP contribution in [0.1, 0.15) is 17.3 Å². The van der Waals surface area contributed by atoms with Crippen molar-refractivity contribution in [3.8, 4) is 11.5 Å². The van der Waals surface area contributed by atoms with Crippen molar-refractivity contribution in [2.75, 3.05) is 6.26 Å². The first kappa shape index (κ1) is 16.3. The van der Waals surface area contributed by atoms with Crippen LogP contribution in [0.2, 0.25) is 0 Å². The molecule has 23 heavy (non-hydrogen) atoms. The third-order valence-corrected chi connectivity index (χ3v) is 5.19. The number of hydrogen-bond acceptors (Lipinski definition) is 4. The van der Waals surface area contributed by atoms with Crippen molar-refractivity contribution in [2.24, 2.45) is 0 Å². The van der Waals surface area contributed by atoms with Crippen molar-refractivity contribution >= 4 is 25.8 Å². The number of fused-ring (bicyclic) bond motifs is 1. The number of nitrogens with zero attached hydrogens (tertiary/aromatic N) is 1. The zero-order chi connectivity index (χ0) is 16.8. The maximum Gasteiger partial charge on any atom is 0.175 e. The Balaban J connectivity index is 2.11. The van der Waals surface area contributed by atoms with Crippen molar-refractivity contribution in [1.29, 1.82) is 0 Å². The van der Waals surface area contributed by atoms with Gasteiger partial charge in [-0.2, -0.15) is 0 Å². The molecule has 0 saturated carbocycles. The number of ether oxygens (including phenoxy) is 1. The summed E-state index contributed by atoms with van der Waals surface area (Å²) in [4.78, 5) is 3.87. The van der Waals surface area contributed by atoms with Gasteiger partial charge in [0.25, 0.3) is 0 Å². The van der Waals surface area contributed by atoms with Gasteiger partial charge in [0.05, 0.1) is 11.1 Å². The smallest absolute Gasteiger partial charge is 0.175 e. The van der Waals surface area contributed by atoms with E-state index >= 15 is 0 Å². The predicted molar refractivity (Wildman–Crippen MR) is 84.0 cm³/mol. The standard InChI is InChI=1S/C15H12BrF2NO3S/c1-23(20,21)13-3-2-12(14-10(13)5-11(17)15(14)18)22-9-4-8(16)6-19-7-9/h2-4,6-7,11,15H,5H2,1H3/t11-,15-/m0/s1. The van der Waals surface area contributed by atoms with Gasteiger partial charge >= 0.3 is 0 Å². The monoisotopic (exact) mass is 403 g/mol. The van der Waals surface area contributed by atoms with E-state index in [1.54, 1.807) is 12.3 Å². The number of alkyl halides is 2. The lowest BCUT2D eigenvalue weighted by atomic mass is 10.1. The van der Waals surface area contributed by atoms with Gasteiger partial charge < -0.3 is 4.74 Å². The first-order valence-electron chi connectivity index (χ1n) is 6.69. The number of aromatic nitrogens is 1. The molecular weight excluding hydrogens is 392 g/mol. The van der Waals surface area contributed by atoms with Crippen molar-refractivity contribution in [2.45, 2.75) is 23.7 Å². The summed E-state index contributed by atoms with van der Waals surface area (Å²) in [7, 11) is -3.58. The first-order chi connectivity index (χ1) is 10.8. The second-order valence-electron chi connectivity index (χ2n) is 5.29. The third-order valence-electron chi connectivity index (χ3n) is 3.57. The fourth-order valence-corrected chi connectivity index (χ4v) is 3.93. The summed E-state index contributed by atoms with van der Waals surface area (Å²) >= 11 is 3.24. The van der Waals surface area contributed by atoms with Crippen molar-refractivity contribution < 1.29 is 21.9 Å². The molecule has 0 radical (unpaired) electrons. The number of benzene rings is 1. The largest absolute Gasteiger partial charge is 0.455 e. The lowest BCUT2D eigenvalue weighted by molar-refractivity contribution is 0.185. The van der Waals surface area contributed by atoms with E-state index in [1.165, 1.54) is 18.3 Å². The highest BCUT2D eigenvalue weighted by atomic mass is 79.9. The summed E-state index contributed by atoms with van der Waals surface area (Å²) in [5.41, 5.74) is 0.105. The lowest BCUT2D eigenvalue weighted by Crippen LogP contribution is -2.03. The Bertz CT molecular complexity index is 873. The average Bonchev–Trinajstić information content (AvgIpc) is 2.74. The van der Waals surface area contributed by atoms with E-state index in [1.807, 2.05) is 0 Å². The maximum atomic E-state index is 14.2. The number of pyridine rings is 1. The molecule has 0 aliphatic heterocycles. The van der Waals surface area contributed by atoms with Gasteiger partial charge in [-0.15, -0.1) is 0 Å². The van der Waals surface area contributed by atoms with E-state index in [0.717, 1.165) is 6.26 Å². The maximum absolute atomic E-state index is 14.2. The van der Waals surface area contributed by atoms with E-state index in [-0.39, 0.29) is 28.2 Å². The van der Waals surface area contributed by atoms with Crippen LogP contribution in [0.4, 0.5) is 8.78 Å². The van der Waals surface area contributed by atoms with Crippen LogP contribution >= 0.6 is 15.9 Å². The average molecular weight is 404 g/mol. The molecule has 0 N–H and O–H groups in total. The van der Waals surface area contributed by atoms with Gasteiger partial charge in [0, 0.05) is 28.9 Å². The Morgan fingerprint density at radius 3 is 2.70 bits per heavy atom. The number of sulfone groups is 1. The molecule has 0 bridgehead atoms. The minimum atomic E-state index is -3.58. The van der Waals surface area contributed by atoms with Crippen LogP contribution in [0, 0.1) is 0 Å². The Morgan fingerprint density at radius 2 is 2.04 bits per heavy atom. The van der Waals surface area contributed by atoms with E-state index in [0.29, 0.717) is 10.2 Å². The number of halogens is 3. The van der Waals surface area contributed by atoms with Gasteiger partial charge in [-0.1, -0.05) is 0 Å². The first-order valence-corrected chi connectivity index (χ1v) is 9.38. The summed E-state index contributed by atoms with van der Waals surface area (Å²) in [5.74, 6) is 0.433. The predicted octanol–water partition coefficient (Wildman–Crippen LogP) is 3.94. The van der Waals surface area contributed by atoms with Gasteiger partial charge in [0.2, 0.25) is 0 Å². The van der Waals surface area contributed by atoms with Crippen LogP contribution in [-0.4, -0.2) is 25.8 Å². The minimum Gasteiger partial charge on any atom is -0.455 e. The number of rotatable bonds is 3. The SMILES string of the molecule is CS(=O)(=O)c1ccc(Oc2cncc(Br)c2)c2c1C[C@H](F)[C@@H]2F. The lowest BCUT2D eigenvalue weighted by Gasteiger charge is -2.14. The van der Waals surface area contributed by atoms with Gasteiger partial charge in [-0.05, 0) is 39.7 Å². The molecule has 0 fully saturated rings. The normalized spacial score (nSPS) is 20.3. The summed E-state index contributed by atoms with van der Waals surface area (Å²) in [5, 5.41) is 0. The second-order valence-corrected chi connectivity index (χ2v) is 8.19. The van der Waals surface area contributed by atoms with E-state index in [2.05, 4.69) is 20.9 Å². The highest BCUT2D eigenvalue weighted by Crippen LogP contribution is 2.45. The van der Waals surface area contributed by atoms with Gasteiger partial charge in [-0.3, -0.25) is 4.98 Å². The van der Waals surface area contributed by atoms with E-state index < -0.39 is 22.2 Å². The van der Waals surface area contributed by atoms with Gasteiger partial charge in [0.15, 0.2) is 16.0 Å². The molecule has 4 nitrogen and oxygen atoms in total. The minimum absolute atomic E-state index is 0.0413. The van der Waals surface area contributed by atoms with Crippen LogP contribution in [-0.2, 0) is 16.3 Å². The molecule has 1 aromatic heterocycles.